The summed E-state index contributed by atoms with van der Waals surface area (Å²) in [6.07, 6.45) is 5.65. The average molecular weight is 367 g/mol. The van der Waals surface area contributed by atoms with Crippen LogP contribution in [0.5, 0.6) is 17.2 Å². The summed E-state index contributed by atoms with van der Waals surface area (Å²) in [5, 5.41) is 10.3. The van der Waals surface area contributed by atoms with Gasteiger partial charge in [-0.15, -0.1) is 0 Å². The Kier molecular flexibility index (Phi) is 6.04. The third-order valence-electron chi connectivity index (χ3n) is 5.44. The molecule has 4 heteroatoms. The van der Waals surface area contributed by atoms with E-state index in [1.165, 1.54) is 6.42 Å². The average Bonchev–Trinajstić information content (AvgIpc) is 2.67. The van der Waals surface area contributed by atoms with Gasteiger partial charge in [-0.25, -0.2) is 0 Å². The minimum atomic E-state index is -0.117. The van der Waals surface area contributed by atoms with Gasteiger partial charge >= 0.3 is 0 Å². The molecule has 0 aromatic heterocycles. The Morgan fingerprint density at radius 2 is 1.78 bits per heavy atom. The van der Waals surface area contributed by atoms with Gasteiger partial charge in [0.2, 0.25) is 0 Å². The first-order valence-corrected chi connectivity index (χ1v) is 9.89. The molecule has 144 valence electrons. The van der Waals surface area contributed by atoms with Crippen molar-refractivity contribution >= 4 is 5.91 Å². The Labute approximate surface area is 161 Å². The summed E-state index contributed by atoms with van der Waals surface area (Å²) in [5.41, 5.74) is 2.38. The largest absolute Gasteiger partial charge is 0.507 e. The molecule has 1 amide bonds. The highest BCUT2D eigenvalue weighted by molar-refractivity contribution is 5.97. The third kappa shape index (κ3) is 4.26. The first-order chi connectivity index (χ1) is 13.0. The van der Waals surface area contributed by atoms with Crippen LogP contribution in [0.1, 0.15) is 60.5 Å². The molecule has 0 spiro atoms. The summed E-state index contributed by atoms with van der Waals surface area (Å²) < 4.78 is 6.06. The van der Waals surface area contributed by atoms with Crippen molar-refractivity contribution in [1.29, 1.82) is 0 Å². The van der Waals surface area contributed by atoms with Gasteiger partial charge in [-0.2, -0.15) is 0 Å². The Bertz CT molecular complexity index is 789. The van der Waals surface area contributed by atoms with E-state index < -0.39 is 0 Å². The molecular formula is C23H29NO3. The number of benzene rings is 2. The van der Waals surface area contributed by atoms with Gasteiger partial charge in [-0.05, 0) is 62.9 Å². The predicted octanol–water partition coefficient (Wildman–Crippen LogP) is 5.60. The second kappa shape index (κ2) is 8.47. The summed E-state index contributed by atoms with van der Waals surface area (Å²) in [4.78, 5) is 15.0. The Balaban J connectivity index is 1.87. The zero-order valence-electron chi connectivity index (χ0n) is 16.5. The van der Waals surface area contributed by atoms with Crippen molar-refractivity contribution in [3.8, 4) is 17.2 Å². The maximum absolute atomic E-state index is 13.1. The number of hydrogen-bond donors (Lipinski definition) is 1. The quantitative estimate of drug-likeness (QED) is 0.749. The zero-order valence-corrected chi connectivity index (χ0v) is 16.5. The lowest BCUT2D eigenvalue weighted by Crippen LogP contribution is -2.41. The van der Waals surface area contributed by atoms with Gasteiger partial charge in [0.15, 0.2) is 0 Å². The van der Waals surface area contributed by atoms with E-state index in [1.54, 1.807) is 18.2 Å². The van der Waals surface area contributed by atoms with Gasteiger partial charge < -0.3 is 14.7 Å². The van der Waals surface area contributed by atoms with Gasteiger partial charge in [0, 0.05) is 12.6 Å². The van der Waals surface area contributed by atoms with E-state index in [-0.39, 0.29) is 17.7 Å². The summed E-state index contributed by atoms with van der Waals surface area (Å²) in [6.45, 7) is 6.64. The van der Waals surface area contributed by atoms with E-state index in [4.69, 9.17) is 4.74 Å². The Morgan fingerprint density at radius 1 is 1.11 bits per heavy atom. The number of ether oxygens (including phenoxy) is 1. The molecule has 0 radical (unpaired) electrons. The molecule has 1 N–H and O–H groups in total. The summed E-state index contributed by atoms with van der Waals surface area (Å²) in [6, 6.07) is 11.2. The van der Waals surface area contributed by atoms with Crippen LogP contribution in [0.2, 0.25) is 0 Å². The minimum Gasteiger partial charge on any atom is -0.507 e. The van der Waals surface area contributed by atoms with Crippen LogP contribution in [0.4, 0.5) is 0 Å². The monoisotopic (exact) mass is 367 g/mol. The highest BCUT2D eigenvalue weighted by atomic mass is 16.5. The molecule has 1 aliphatic rings. The molecule has 0 aliphatic heterocycles. The van der Waals surface area contributed by atoms with Crippen molar-refractivity contribution in [2.75, 3.05) is 6.54 Å². The number of phenols is 1. The second-order valence-electron chi connectivity index (χ2n) is 7.38. The molecule has 3 rings (SSSR count). The molecule has 1 fully saturated rings. The lowest BCUT2D eigenvalue weighted by atomic mass is 9.93. The highest BCUT2D eigenvalue weighted by Gasteiger charge is 2.27. The standard InChI is InChI=1S/C23H29NO3/c1-4-24(18-11-6-5-7-12-18)23(26)20-15-19(13-14-21(20)25)27-22-16(2)9-8-10-17(22)3/h8-10,13-15,18,25H,4-7,11-12H2,1-3H3. The molecule has 0 saturated heterocycles. The fraction of sp³-hybridized carbons (Fsp3) is 0.435. The minimum absolute atomic E-state index is 0.00288. The first-order valence-electron chi connectivity index (χ1n) is 9.89. The second-order valence-corrected chi connectivity index (χ2v) is 7.38. The number of hydrogen-bond acceptors (Lipinski definition) is 3. The molecule has 2 aromatic carbocycles. The molecule has 1 saturated carbocycles. The van der Waals surface area contributed by atoms with Gasteiger partial charge in [-0.3, -0.25) is 4.79 Å². The van der Waals surface area contributed by atoms with E-state index in [1.807, 2.05) is 43.9 Å². The molecule has 2 aromatic rings. The lowest BCUT2D eigenvalue weighted by molar-refractivity contribution is 0.0644. The number of carbonyl (C=O) groups excluding carboxylic acids is 1. The molecule has 0 bridgehead atoms. The van der Waals surface area contributed by atoms with Crippen molar-refractivity contribution in [3.63, 3.8) is 0 Å². The van der Waals surface area contributed by atoms with Crippen molar-refractivity contribution in [2.24, 2.45) is 0 Å². The number of phenolic OH excluding ortho intramolecular Hbond substituents is 1. The molecule has 0 unspecified atom stereocenters. The summed E-state index contributed by atoms with van der Waals surface area (Å²) in [5.74, 6) is 1.24. The number of amides is 1. The topological polar surface area (TPSA) is 49.8 Å². The van der Waals surface area contributed by atoms with Crippen molar-refractivity contribution in [1.82, 2.24) is 4.90 Å². The fourth-order valence-electron chi connectivity index (χ4n) is 3.94. The van der Waals surface area contributed by atoms with Gasteiger partial charge in [0.25, 0.3) is 5.91 Å². The molecule has 0 heterocycles. The van der Waals surface area contributed by atoms with Gasteiger partial charge in [-0.1, -0.05) is 37.5 Å². The normalized spacial score (nSPS) is 14.8. The van der Waals surface area contributed by atoms with Crippen molar-refractivity contribution in [3.05, 3.63) is 53.1 Å². The Hall–Kier alpha value is -2.49. The van der Waals surface area contributed by atoms with E-state index >= 15 is 0 Å². The molecule has 1 aliphatic carbocycles. The van der Waals surface area contributed by atoms with E-state index in [0.29, 0.717) is 17.9 Å². The number of aryl methyl sites for hydroxylation is 2. The van der Waals surface area contributed by atoms with Crippen LogP contribution in [-0.2, 0) is 0 Å². The number of rotatable bonds is 5. The Morgan fingerprint density at radius 3 is 2.41 bits per heavy atom. The van der Waals surface area contributed by atoms with Crippen molar-refractivity contribution in [2.45, 2.75) is 58.9 Å². The van der Waals surface area contributed by atoms with Crippen LogP contribution in [-0.4, -0.2) is 28.5 Å². The number of para-hydroxylation sites is 1. The van der Waals surface area contributed by atoms with E-state index in [9.17, 15) is 9.90 Å². The summed E-state index contributed by atoms with van der Waals surface area (Å²) >= 11 is 0. The van der Waals surface area contributed by atoms with Crippen molar-refractivity contribution < 1.29 is 14.6 Å². The number of nitrogens with zero attached hydrogens (tertiary/aromatic N) is 1. The smallest absolute Gasteiger partial charge is 0.257 e. The van der Waals surface area contributed by atoms with Gasteiger partial charge in [0.1, 0.15) is 17.2 Å². The van der Waals surface area contributed by atoms with Gasteiger partial charge in [0.05, 0.1) is 5.56 Å². The van der Waals surface area contributed by atoms with E-state index in [2.05, 4.69) is 0 Å². The number of aromatic hydroxyl groups is 1. The van der Waals surface area contributed by atoms with E-state index in [0.717, 1.165) is 42.6 Å². The highest BCUT2D eigenvalue weighted by Crippen LogP contribution is 2.32. The molecular weight excluding hydrogens is 338 g/mol. The summed E-state index contributed by atoms with van der Waals surface area (Å²) in [7, 11) is 0. The van der Waals surface area contributed by atoms with Crippen LogP contribution >= 0.6 is 0 Å². The lowest BCUT2D eigenvalue weighted by Gasteiger charge is -2.33. The molecule has 4 nitrogen and oxygen atoms in total. The van der Waals surface area contributed by atoms with Crippen LogP contribution in [0, 0.1) is 13.8 Å². The maximum atomic E-state index is 13.1. The molecule has 27 heavy (non-hydrogen) atoms. The van der Waals surface area contributed by atoms with Crippen LogP contribution < -0.4 is 4.74 Å². The third-order valence-corrected chi connectivity index (χ3v) is 5.44. The van der Waals surface area contributed by atoms with Crippen LogP contribution in [0.3, 0.4) is 0 Å². The molecule has 0 atom stereocenters. The SMILES string of the molecule is CCN(C(=O)c1cc(Oc2c(C)cccc2C)ccc1O)C1CCCCC1. The number of carbonyl (C=O) groups is 1. The first kappa shape index (κ1) is 19.3. The fourth-order valence-corrected chi connectivity index (χ4v) is 3.94. The van der Waals surface area contributed by atoms with Crippen LogP contribution in [0.25, 0.3) is 0 Å². The maximum Gasteiger partial charge on any atom is 0.257 e. The zero-order chi connectivity index (χ0) is 19.4. The van der Waals surface area contributed by atoms with Crippen LogP contribution in [0.15, 0.2) is 36.4 Å². The predicted molar refractivity (Wildman–Crippen MR) is 108 cm³/mol.